The number of alkyl halides is 3. The number of halogens is 3. The number of nitrogens with zero attached hydrogens (tertiary/aromatic N) is 3. The number of benzene rings is 1. The second kappa shape index (κ2) is 5.31. The molecule has 1 aromatic rings. The maximum absolute atomic E-state index is 12.9. The molecule has 0 spiro atoms. The predicted octanol–water partition coefficient (Wildman–Crippen LogP) is 3.00. The molecule has 0 aromatic heterocycles. The lowest BCUT2D eigenvalue weighted by Crippen LogP contribution is -2.19. The largest absolute Gasteiger partial charge is 0.416 e. The minimum absolute atomic E-state index is 0.178. The molecule has 1 saturated heterocycles. The van der Waals surface area contributed by atoms with Crippen molar-refractivity contribution in [3.8, 4) is 6.19 Å². The monoisotopic (exact) mass is 267 g/mol. The van der Waals surface area contributed by atoms with Crippen LogP contribution in [0.25, 0.3) is 0 Å². The molecule has 1 fully saturated rings. The molecule has 1 heterocycles. The SMILES string of the molecule is N#C/N=C\N1CCC(c2ccccc2C(F)(F)F)C1. The minimum Gasteiger partial charge on any atom is -0.361 e. The van der Waals surface area contributed by atoms with E-state index in [1.807, 2.05) is 0 Å². The van der Waals surface area contributed by atoms with E-state index in [0.717, 1.165) is 6.07 Å². The average Bonchev–Trinajstić information content (AvgIpc) is 2.84. The molecule has 0 radical (unpaired) electrons. The van der Waals surface area contributed by atoms with Crippen molar-refractivity contribution in [1.29, 1.82) is 5.26 Å². The maximum Gasteiger partial charge on any atom is 0.416 e. The Labute approximate surface area is 109 Å². The first-order valence-electron chi connectivity index (χ1n) is 5.85. The van der Waals surface area contributed by atoms with Crippen LogP contribution in [-0.2, 0) is 6.18 Å². The molecule has 1 atom stereocenters. The van der Waals surface area contributed by atoms with E-state index >= 15 is 0 Å². The number of rotatable bonds is 2. The van der Waals surface area contributed by atoms with Crippen molar-refractivity contribution in [2.75, 3.05) is 13.1 Å². The Hall–Kier alpha value is -2.03. The van der Waals surface area contributed by atoms with E-state index in [1.165, 1.54) is 18.5 Å². The molecule has 0 N–H and O–H groups in total. The number of aliphatic imine (C=N–C) groups is 1. The van der Waals surface area contributed by atoms with Gasteiger partial charge in [0.2, 0.25) is 6.19 Å². The highest BCUT2D eigenvalue weighted by atomic mass is 19.4. The van der Waals surface area contributed by atoms with E-state index in [0.29, 0.717) is 25.1 Å². The van der Waals surface area contributed by atoms with Crippen LogP contribution in [0.4, 0.5) is 13.2 Å². The lowest BCUT2D eigenvalue weighted by molar-refractivity contribution is -0.138. The van der Waals surface area contributed by atoms with E-state index in [2.05, 4.69) is 4.99 Å². The zero-order valence-electron chi connectivity index (χ0n) is 10.1. The topological polar surface area (TPSA) is 39.4 Å². The summed E-state index contributed by atoms with van der Waals surface area (Å²) < 4.78 is 38.8. The van der Waals surface area contributed by atoms with Crippen molar-refractivity contribution in [2.24, 2.45) is 4.99 Å². The molecule has 2 rings (SSSR count). The molecule has 3 nitrogen and oxygen atoms in total. The fraction of sp³-hybridized carbons (Fsp3) is 0.385. The van der Waals surface area contributed by atoms with Gasteiger partial charge in [-0.3, -0.25) is 0 Å². The van der Waals surface area contributed by atoms with E-state index < -0.39 is 11.7 Å². The average molecular weight is 267 g/mol. The van der Waals surface area contributed by atoms with Crippen molar-refractivity contribution in [3.63, 3.8) is 0 Å². The van der Waals surface area contributed by atoms with E-state index in [1.54, 1.807) is 17.2 Å². The van der Waals surface area contributed by atoms with Crippen LogP contribution >= 0.6 is 0 Å². The van der Waals surface area contributed by atoms with Gasteiger partial charge in [-0.25, -0.2) is 0 Å². The summed E-state index contributed by atoms with van der Waals surface area (Å²) in [4.78, 5) is 5.20. The summed E-state index contributed by atoms with van der Waals surface area (Å²) in [5.41, 5.74) is -0.248. The second-order valence-electron chi connectivity index (χ2n) is 4.41. The lowest BCUT2D eigenvalue weighted by atomic mass is 9.93. The predicted molar refractivity (Wildman–Crippen MR) is 64.5 cm³/mol. The normalized spacial score (nSPS) is 19.9. The van der Waals surface area contributed by atoms with Crippen LogP contribution in [0, 0.1) is 11.5 Å². The number of hydrogen-bond acceptors (Lipinski definition) is 2. The van der Waals surface area contributed by atoms with Gasteiger partial charge in [0.05, 0.1) is 5.56 Å². The highest BCUT2D eigenvalue weighted by Crippen LogP contribution is 2.37. The van der Waals surface area contributed by atoms with Crippen molar-refractivity contribution in [1.82, 2.24) is 4.90 Å². The van der Waals surface area contributed by atoms with Crippen LogP contribution in [-0.4, -0.2) is 24.3 Å². The van der Waals surface area contributed by atoms with Gasteiger partial charge in [-0.05, 0) is 18.1 Å². The van der Waals surface area contributed by atoms with Crippen LogP contribution in [0.5, 0.6) is 0 Å². The quantitative estimate of drug-likeness (QED) is 0.469. The molecule has 0 saturated carbocycles. The van der Waals surface area contributed by atoms with Crippen molar-refractivity contribution >= 4 is 6.34 Å². The molecule has 1 unspecified atom stereocenters. The zero-order valence-corrected chi connectivity index (χ0v) is 10.1. The molecule has 19 heavy (non-hydrogen) atoms. The summed E-state index contributed by atoms with van der Waals surface area (Å²) in [5, 5.41) is 8.34. The maximum atomic E-state index is 12.9. The highest BCUT2D eigenvalue weighted by molar-refractivity contribution is 5.57. The molecular formula is C13H12F3N3. The Morgan fingerprint density at radius 3 is 2.79 bits per heavy atom. The fourth-order valence-electron chi connectivity index (χ4n) is 2.36. The number of nitriles is 1. The van der Waals surface area contributed by atoms with Crippen molar-refractivity contribution in [2.45, 2.75) is 18.5 Å². The van der Waals surface area contributed by atoms with Crippen molar-refractivity contribution in [3.05, 3.63) is 35.4 Å². The zero-order chi connectivity index (χ0) is 13.9. The Morgan fingerprint density at radius 2 is 2.11 bits per heavy atom. The smallest absolute Gasteiger partial charge is 0.361 e. The Kier molecular flexibility index (Phi) is 3.74. The second-order valence-corrected chi connectivity index (χ2v) is 4.41. The third-order valence-corrected chi connectivity index (χ3v) is 3.20. The van der Waals surface area contributed by atoms with Crippen LogP contribution in [0.15, 0.2) is 29.3 Å². The summed E-state index contributed by atoms with van der Waals surface area (Å²) in [5.74, 6) is -0.178. The van der Waals surface area contributed by atoms with E-state index in [4.69, 9.17) is 5.26 Å². The molecule has 0 amide bonds. The summed E-state index contributed by atoms with van der Waals surface area (Å²) in [6, 6.07) is 5.66. The van der Waals surface area contributed by atoms with Gasteiger partial charge >= 0.3 is 6.18 Å². The van der Waals surface area contributed by atoms with E-state index in [-0.39, 0.29) is 5.92 Å². The molecule has 0 aliphatic carbocycles. The molecule has 1 aromatic carbocycles. The Bertz CT molecular complexity index is 517. The first-order chi connectivity index (χ1) is 9.02. The third-order valence-electron chi connectivity index (χ3n) is 3.20. The first kappa shape index (κ1) is 13.4. The van der Waals surface area contributed by atoms with Gasteiger partial charge < -0.3 is 4.90 Å². The summed E-state index contributed by atoms with van der Waals surface area (Å²) in [6.45, 7) is 1.07. The van der Waals surface area contributed by atoms with E-state index in [9.17, 15) is 13.2 Å². The molecule has 0 bridgehead atoms. The van der Waals surface area contributed by atoms with Gasteiger partial charge in [-0.2, -0.15) is 23.4 Å². The highest BCUT2D eigenvalue weighted by Gasteiger charge is 2.36. The molecule has 6 heteroatoms. The summed E-state index contributed by atoms with van der Waals surface area (Å²) in [7, 11) is 0. The van der Waals surface area contributed by atoms with Gasteiger partial charge in [-0.1, -0.05) is 18.2 Å². The Balaban J connectivity index is 2.21. The van der Waals surface area contributed by atoms with Crippen molar-refractivity contribution < 1.29 is 13.2 Å². The molecule has 1 aliphatic rings. The van der Waals surface area contributed by atoms with Gasteiger partial charge in [0.15, 0.2) is 0 Å². The summed E-state index contributed by atoms with van der Waals surface area (Å²) >= 11 is 0. The number of hydrogen-bond donors (Lipinski definition) is 0. The van der Waals surface area contributed by atoms with Gasteiger partial charge in [-0.15, -0.1) is 0 Å². The van der Waals surface area contributed by atoms with Crippen LogP contribution < -0.4 is 0 Å². The first-order valence-corrected chi connectivity index (χ1v) is 5.85. The molecular weight excluding hydrogens is 255 g/mol. The fourth-order valence-corrected chi connectivity index (χ4v) is 2.36. The van der Waals surface area contributed by atoms with Gasteiger partial charge in [0.1, 0.15) is 6.34 Å². The molecule has 100 valence electrons. The van der Waals surface area contributed by atoms with Crippen LogP contribution in [0.2, 0.25) is 0 Å². The van der Waals surface area contributed by atoms with Crippen LogP contribution in [0.3, 0.4) is 0 Å². The minimum atomic E-state index is -4.33. The third kappa shape index (κ3) is 3.05. The van der Waals surface area contributed by atoms with Crippen LogP contribution in [0.1, 0.15) is 23.5 Å². The van der Waals surface area contributed by atoms with Gasteiger partial charge in [0, 0.05) is 19.0 Å². The van der Waals surface area contributed by atoms with Gasteiger partial charge in [0.25, 0.3) is 0 Å². The lowest BCUT2D eigenvalue weighted by Gasteiger charge is -2.17. The summed E-state index contributed by atoms with van der Waals surface area (Å²) in [6.07, 6.45) is -0.681. The Morgan fingerprint density at radius 1 is 1.37 bits per heavy atom. The number of likely N-dealkylation sites (tertiary alicyclic amines) is 1. The standard InChI is InChI=1S/C13H12F3N3/c14-13(15,16)12-4-2-1-3-11(12)10-5-6-19(7-10)9-18-8-17/h1-4,9-10H,5-7H2/b18-9-. The molecule has 1 aliphatic heterocycles.